The lowest BCUT2D eigenvalue weighted by molar-refractivity contribution is 0.232. The third-order valence-corrected chi connectivity index (χ3v) is 5.66. The van der Waals surface area contributed by atoms with Crippen molar-refractivity contribution in [2.75, 3.05) is 64.9 Å². The molecule has 2 fully saturated rings. The van der Waals surface area contributed by atoms with E-state index in [9.17, 15) is 0 Å². The zero-order valence-electron chi connectivity index (χ0n) is 17.3. The summed E-state index contributed by atoms with van der Waals surface area (Å²) in [6.45, 7) is 7.63. The first-order valence-corrected chi connectivity index (χ1v) is 10.3. The number of guanidine groups is 1. The normalized spacial score (nSPS) is 20.6. The highest BCUT2D eigenvalue weighted by atomic mass is 127. The molecular formula is C21H36IN5O. The zero-order chi connectivity index (χ0) is 18.9. The number of para-hydroxylation sites is 2. The molecule has 1 unspecified atom stereocenters. The van der Waals surface area contributed by atoms with Gasteiger partial charge < -0.3 is 25.2 Å². The number of benzene rings is 1. The van der Waals surface area contributed by atoms with Crippen LogP contribution in [0.4, 0.5) is 5.69 Å². The fourth-order valence-corrected chi connectivity index (χ4v) is 4.09. The quantitative estimate of drug-likeness (QED) is 0.342. The second kappa shape index (κ2) is 12.4. The van der Waals surface area contributed by atoms with Crippen molar-refractivity contribution in [1.82, 2.24) is 15.5 Å². The number of likely N-dealkylation sites (tertiary alicyclic amines) is 1. The van der Waals surface area contributed by atoms with Gasteiger partial charge in [-0.05, 0) is 50.4 Å². The van der Waals surface area contributed by atoms with Gasteiger partial charge in [0.25, 0.3) is 0 Å². The van der Waals surface area contributed by atoms with Gasteiger partial charge in [0.2, 0.25) is 0 Å². The molecule has 0 radical (unpaired) electrons. The minimum Gasteiger partial charge on any atom is -0.495 e. The molecule has 0 bridgehead atoms. The van der Waals surface area contributed by atoms with Crippen LogP contribution in [0.1, 0.15) is 25.7 Å². The average molecular weight is 501 g/mol. The highest BCUT2D eigenvalue weighted by Gasteiger charge is 2.24. The lowest BCUT2D eigenvalue weighted by atomic mass is 10.1. The van der Waals surface area contributed by atoms with Crippen LogP contribution in [0.5, 0.6) is 5.75 Å². The van der Waals surface area contributed by atoms with Crippen molar-refractivity contribution in [2.24, 2.45) is 10.9 Å². The standard InChI is InChI=1S/C21H35N5O.HI/c1-22-21(23-11-15-25-12-6-3-7-13-25)24-16-18-10-14-26(17-18)19-8-4-5-9-20(19)27-2;/h4-5,8-9,18H,3,6-7,10-17H2,1-2H3,(H2,22,23,24);1H. The summed E-state index contributed by atoms with van der Waals surface area (Å²) < 4.78 is 5.51. The predicted molar refractivity (Wildman–Crippen MR) is 128 cm³/mol. The van der Waals surface area contributed by atoms with Crippen molar-refractivity contribution < 1.29 is 4.74 Å². The van der Waals surface area contributed by atoms with Gasteiger partial charge in [-0.2, -0.15) is 0 Å². The van der Waals surface area contributed by atoms with E-state index < -0.39 is 0 Å². The smallest absolute Gasteiger partial charge is 0.191 e. The zero-order valence-corrected chi connectivity index (χ0v) is 19.7. The van der Waals surface area contributed by atoms with Crippen LogP contribution in [0.25, 0.3) is 0 Å². The molecule has 0 saturated carbocycles. The number of hydrogen-bond acceptors (Lipinski definition) is 4. The summed E-state index contributed by atoms with van der Waals surface area (Å²) in [6.07, 6.45) is 5.27. The summed E-state index contributed by atoms with van der Waals surface area (Å²) in [4.78, 5) is 9.35. The molecule has 1 aromatic rings. The molecule has 28 heavy (non-hydrogen) atoms. The third-order valence-electron chi connectivity index (χ3n) is 5.66. The Kier molecular flexibility index (Phi) is 10.2. The molecule has 2 aliphatic heterocycles. The van der Waals surface area contributed by atoms with Gasteiger partial charge in [-0.3, -0.25) is 4.99 Å². The minimum atomic E-state index is 0. The molecule has 2 N–H and O–H groups in total. The molecule has 3 rings (SSSR count). The second-order valence-corrected chi connectivity index (χ2v) is 7.55. The second-order valence-electron chi connectivity index (χ2n) is 7.55. The molecule has 0 aliphatic carbocycles. The summed E-state index contributed by atoms with van der Waals surface area (Å²) >= 11 is 0. The molecule has 0 spiro atoms. The highest BCUT2D eigenvalue weighted by molar-refractivity contribution is 14.0. The number of anilines is 1. The Labute approximate surface area is 187 Å². The van der Waals surface area contributed by atoms with Crippen LogP contribution >= 0.6 is 24.0 Å². The molecule has 2 saturated heterocycles. The molecule has 0 amide bonds. The number of ether oxygens (including phenoxy) is 1. The third kappa shape index (κ3) is 6.69. The van der Waals surface area contributed by atoms with E-state index in [0.717, 1.165) is 44.4 Å². The van der Waals surface area contributed by atoms with E-state index in [2.05, 4.69) is 37.6 Å². The first-order chi connectivity index (χ1) is 13.3. The van der Waals surface area contributed by atoms with Crippen LogP contribution in [-0.4, -0.2) is 70.8 Å². The first kappa shape index (κ1) is 23.1. The van der Waals surface area contributed by atoms with Crippen molar-refractivity contribution in [3.05, 3.63) is 24.3 Å². The number of rotatable bonds is 7. The molecule has 1 aromatic carbocycles. The van der Waals surface area contributed by atoms with Crippen LogP contribution < -0.4 is 20.3 Å². The van der Waals surface area contributed by atoms with Gasteiger partial charge in [0.05, 0.1) is 12.8 Å². The van der Waals surface area contributed by atoms with Gasteiger partial charge in [0, 0.05) is 39.8 Å². The van der Waals surface area contributed by atoms with Crippen LogP contribution in [0.15, 0.2) is 29.3 Å². The maximum absolute atomic E-state index is 5.51. The number of nitrogens with one attached hydrogen (secondary N) is 2. The molecule has 7 heteroatoms. The lowest BCUT2D eigenvalue weighted by Crippen LogP contribution is -2.44. The average Bonchev–Trinajstić information content (AvgIpc) is 3.20. The topological polar surface area (TPSA) is 52.1 Å². The highest BCUT2D eigenvalue weighted by Crippen LogP contribution is 2.31. The predicted octanol–water partition coefficient (Wildman–Crippen LogP) is 2.79. The van der Waals surface area contributed by atoms with Crippen molar-refractivity contribution >= 4 is 35.6 Å². The SMILES string of the molecule is CN=C(NCCN1CCCCC1)NCC1CCN(c2ccccc2OC)C1.I. The monoisotopic (exact) mass is 501 g/mol. The van der Waals surface area contributed by atoms with E-state index >= 15 is 0 Å². The molecular weight excluding hydrogens is 465 g/mol. The van der Waals surface area contributed by atoms with Crippen LogP contribution in [0.2, 0.25) is 0 Å². The summed E-state index contributed by atoms with van der Waals surface area (Å²) in [5.74, 6) is 2.50. The Morgan fingerprint density at radius 3 is 2.68 bits per heavy atom. The number of methoxy groups -OCH3 is 1. The van der Waals surface area contributed by atoms with Gasteiger partial charge in [-0.25, -0.2) is 0 Å². The number of aliphatic imine (C=N–C) groups is 1. The fraction of sp³-hybridized carbons (Fsp3) is 0.667. The molecule has 0 aromatic heterocycles. The van der Waals surface area contributed by atoms with Crippen LogP contribution in [0, 0.1) is 5.92 Å². The summed E-state index contributed by atoms with van der Waals surface area (Å²) in [5.41, 5.74) is 1.20. The molecule has 1 atom stereocenters. The van der Waals surface area contributed by atoms with E-state index in [-0.39, 0.29) is 24.0 Å². The first-order valence-electron chi connectivity index (χ1n) is 10.3. The van der Waals surface area contributed by atoms with E-state index in [1.807, 2.05) is 19.2 Å². The Hall–Kier alpha value is -1.22. The van der Waals surface area contributed by atoms with Crippen LogP contribution in [0.3, 0.4) is 0 Å². The van der Waals surface area contributed by atoms with Crippen molar-refractivity contribution in [3.8, 4) is 5.75 Å². The lowest BCUT2D eigenvalue weighted by Gasteiger charge is -2.26. The Bertz CT molecular complexity index is 606. The minimum absolute atomic E-state index is 0. The van der Waals surface area contributed by atoms with Crippen molar-refractivity contribution in [1.29, 1.82) is 0 Å². The fourth-order valence-electron chi connectivity index (χ4n) is 4.09. The van der Waals surface area contributed by atoms with E-state index in [1.165, 1.54) is 44.5 Å². The van der Waals surface area contributed by atoms with Crippen molar-refractivity contribution in [3.63, 3.8) is 0 Å². The maximum Gasteiger partial charge on any atom is 0.191 e. The van der Waals surface area contributed by atoms with Gasteiger partial charge >= 0.3 is 0 Å². The number of hydrogen-bond donors (Lipinski definition) is 2. The molecule has 158 valence electrons. The van der Waals surface area contributed by atoms with Gasteiger partial charge in [0.1, 0.15) is 5.75 Å². The van der Waals surface area contributed by atoms with E-state index in [0.29, 0.717) is 5.92 Å². The number of halogens is 1. The Morgan fingerprint density at radius 2 is 1.93 bits per heavy atom. The Balaban J connectivity index is 0.00000280. The van der Waals surface area contributed by atoms with E-state index in [4.69, 9.17) is 4.74 Å². The van der Waals surface area contributed by atoms with Crippen molar-refractivity contribution in [2.45, 2.75) is 25.7 Å². The summed E-state index contributed by atoms with van der Waals surface area (Å²) in [7, 11) is 3.60. The molecule has 2 aliphatic rings. The largest absolute Gasteiger partial charge is 0.495 e. The Morgan fingerprint density at radius 1 is 1.14 bits per heavy atom. The number of piperidine rings is 1. The van der Waals surface area contributed by atoms with Crippen LogP contribution in [-0.2, 0) is 0 Å². The molecule has 2 heterocycles. The molecule has 6 nitrogen and oxygen atoms in total. The van der Waals surface area contributed by atoms with Gasteiger partial charge in [-0.15, -0.1) is 24.0 Å². The summed E-state index contributed by atoms with van der Waals surface area (Å²) in [6, 6.07) is 8.29. The van der Waals surface area contributed by atoms with Gasteiger partial charge in [-0.1, -0.05) is 18.6 Å². The van der Waals surface area contributed by atoms with Gasteiger partial charge in [0.15, 0.2) is 5.96 Å². The maximum atomic E-state index is 5.51. The van der Waals surface area contributed by atoms with E-state index in [1.54, 1.807) is 7.11 Å². The summed E-state index contributed by atoms with van der Waals surface area (Å²) in [5, 5.41) is 6.98. The number of nitrogens with zero attached hydrogens (tertiary/aromatic N) is 3.